The molecule has 1 heterocycles. The Morgan fingerprint density at radius 2 is 1.82 bits per heavy atom. The number of rotatable bonds is 7. The van der Waals surface area contributed by atoms with E-state index in [4.69, 9.17) is 13.8 Å². The van der Waals surface area contributed by atoms with Crippen LogP contribution >= 0.6 is 7.60 Å². The van der Waals surface area contributed by atoms with Gasteiger partial charge < -0.3 is 18.9 Å². The summed E-state index contributed by atoms with van der Waals surface area (Å²) < 4.78 is 28.9. The molecule has 0 spiro atoms. The monoisotopic (exact) mass is 326 g/mol. The summed E-state index contributed by atoms with van der Waals surface area (Å²) in [5.74, 6) is -0.612. The number of carbonyl (C=O) groups excluding carboxylic acids is 1. The topological polar surface area (TPSA) is 82.1 Å². The van der Waals surface area contributed by atoms with Crippen LogP contribution in [0.5, 0.6) is 0 Å². The van der Waals surface area contributed by atoms with Crippen molar-refractivity contribution < 1.29 is 28.3 Å². The molecule has 0 fully saturated rings. The van der Waals surface area contributed by atoms with Gasteiger partial charge in [0.1, 0.15) is 0 Å². The fourth-order valence-corrected chi connectivity index (χ4v) is 4.39. The van der Waals surface area contributed by atoms with Gasteiger partial charge in [-0.25, -0.2) is 4.79 Å². The molecule has 1 aliphatic heterocycles. The third kappa shape index (κ3) is 2.88. The predicted octanol–water partition coefficient (Wildman–Crippen LogP) is 2.58. The zero-order valence-corrected chi connectivity index (χ0v) is 13.4. The van der Waals surface area contributed by atoms with E-state index in [1.54, 1.807) is 44.2 Å². The lowest BCUT2D eigenvalue weighted by Gasteiger charge is -2.37. The molecule has 7 heteroatoms. The molecule has 1 aliphatic rings. The Morgan fingerprint density at radius 1 is 1.23 bits per heavy atom. The summed E-state index contributed by atoms with van der Waals surface area (Å²) in [6.45, 7) is 3.45. The van der Waals surface area contributed by atoms with Crippen molar-refractivity contribution in [3.8, 4) is 0 Å². The van der Waals surface area contributed by atoms with Gasteiger partial charge in [0.15, 0.2) is 6.10 Å². The summed E-state index contributed by atoms with van der Waals surface area (Å²) in [4.78, 5) is 11.4. The number of aliphatic hydroxyl groups is 1. The second-order valence-corrected chi connectivity index (χ2v) is 6.83. The Labute approximate surface area is 129 Å². The summed E-state index contributed by atoms with van der Waals surface area (Å²) >= 11 is 0. The molecular weight excluding hydrogens is 307 g/mol. The molecule has 0 amide bonds. The van der Waals surface area contributed by atoms with Crippen LogP contribution in [0.15, 0.2) is 42.5 Å². The summed E-state index contributed by atoms with van der Waals surface area (Å²) in [5, 5.41) is 9.13. The molecule has 1 unspecified atom stereocenters. The average molecular weight is 326 g/mol. The van der Waals surface area contributed by atoms with Gasteiger partial charge in [-0.15, -0.1) is 0 Å². The fraction of sp³-hybridized carbons (Fsp3) is 0.400. The van der Waals surface area contributed by atoms with Crippen molar-refractivity contribution in [2.45, 2.75) is 25.3 Å². The van der Waals surface area contributed by atoms with Crippen LogP contribution in [0.1, 0.15) is 19.4 Å². The first-order chi connectivity index (χ1) is 10.5. The molecule has 6 nitrogen and oxygen atoms in total. The van der Waals surface area contributed by atoms with Crippen LogP contribution in [0, 0.1) is 0 Å². The molecule has 0 radical (unpaired) electrons. The van der Waals surface area contributed by atoms with Gasteiger partial charge in [-0.2, -0.15) is 0 Å². The summed E-state index contributed by atoms with van der Waals surface area (Å²) in [5.41, 5.74) is 0.296. The van der Waals surface area contributed by atoms with Crippen LogP contribution in [0.3, 0.4) is 0 Å². The third-order valence-corrected chi connectivity index (χ3v) is 5.81. The van der Waals surface area contributed by atoms with E-state index in [0.717, 1.165) is 0 Å². The lowest BCUT2D eigenvalue weighted by molar-refractivity contribution is -0.146. The fourth-order valence-electron chi connectivity index (χ4n) is 2.32. The standard InChI is InChI=1S/C15H19O6P/c1-3-19-22(18,20-4-2)15(17,12-8-6-5-7-9-12)13-10-11-14(16)21-13/h5-11,13,17H,3-4H2,1-2H3/t13?,15-/m1/s1. The molecule has 1 aromatic rings. The highest BCUT2D eigenvalue weighted by Crippen LogP contribution is 2.66. The van der Waals surface area contributed by atoms with E-state index in [-0.39, 0.29) is 13.2 Å². The zero-order chi connectivity index (χ0) is 16.2. The van der Waals surface area contributed by atoms with Crippen LogP contribution in [0.4, 0.5) is 0 Å². The first kappa shape index (κ1) is 16.9. The maximum absolute atomic E-state index is 13.2. The summed E-state index contributed by atoms with van der Waals surface area (Å²) in [6.07, 6.45) is 1.40. The Kier molecular flexibility index (Phi) is 5.19. The first-order valence-electron chi connectivity index (χ1n) is 7.04. The maximum atomic E-state index is 13.2. The van der Waals surface area contributed by atoms with E-state index < -0.39 is 25.0 Å². The van der Waals surface area contributed by atoms with E-state index in [9.17, 15) is 14.5 Å². The van der Waals surface area contributed by atoms with Gasteiger partial charge in [-0.05, 0) is 25.5 Å². The number of hydrogen-bond acceptors (Lipinski definition) is 6. The molecule has 0 saturated carbocycles. The summed E-state index contributed by atoms with van der Waals surface area (Å²) in [6, 6.07) is 8.30. The van der Waals surface area contributed by atoms with E-state index in [0.29, 0.717) is 5.56 Å². The summed E-state index contributed by atoms with van der Waals surface area (Å²) in [7, 11) is -4.01. The van der Waals surface area contributed by atoms with Crippen molar-refractivity contribution in [3.63, 3.8) is 0 Å². The van der Waals surface area contributed by atoms with Gasteiger partial charge in [-0.3, -0.25) is 4.57 Å². The van der Waals surface area contributed by atoms with E-state index in [2.05, 4.69) is 0 Å². The highest BCUT2D eigenvalue weighted by molar-refractivity contribution is 7.55. The van der Waals surface area contributed by atoms with Crippen LogP contribution in [0.2, 0.25) is 0 Å². The number of hydrogen-bond donors (Lipinski definition) is 1. The van der Waals surface area contributed by atoms with E-state index in [1.807, 2.05) is 0 Å². The van der Waals surface area contributed by atoms with Crippen LogP contribution in [-0.4, -0.2) is 30.4 Å². The smallest absolute Gasteiger partial charge is 0.370 e. The van der Waals surface area contributed by atoms with Crippen molar-refractivity contribution in [2.75, 3.05) is 13.2 Å². The normalized spacial score (nSPS) is 20.7. The van der Waals surface area contributed by atoms with Crippen molar-refractivity contribution in [2.24, 2.45) is 0 Å². The molecule has 0 aliphatic carbocycles. The van der Waals surface area contributed by atoms with Gasteiger partial charge in [0, 0.05) is 6.08 Å². The molecule has 22 heavy (non-hydrogen) atoms. The van der Waals surface area contributed by atoms with E-state index >= 15 is 0 Å². The van der Waals surface area contributed by atoms with Crippen molar-refractivity contribution in [1.29, 1.82) is 0 Å². The lowest BCUT2D eigenvalue weighted by atomic mass is 10.0. The Hall–Kier alpha value is -1.46. The molecule has 120 valence electrons. The number of cyclic esters (lactones) is 1. The van der Waals surface area contributed by atoms with Crippen LogP contribution < -0.4 is 0 Å². The number of benzene rings is 1. The number of carbonyl (C=O) groups is 1. The molecule has 2 rings (SSSR count). The van der Waals surface area contributed by atoms with Crippen molar-refractivity contribution in [3.05, 3.63) is 48.0 Å². The molecule has 0 bridgehead atoms. The third-order valence-electron chi connectivity index (χ3n) is 3.26. The van der Waals surface area contributed by atoms with Gasteiger partial charge in [0.05, 0.1) is 13.2 Å². The molecule has 0 saturated heterocycles. The predicted molar refractivity (Wildman–Crippen MR) is 80.2 cm³/mol. The highest BCUT2D eigenvalue weighted by Gasteiger charge is 2.58. The van der Waals surface area contributed by atoms with Gasteiger partial charge in [0.2, 0.25) is 5.34 Å². The Bertz CT molecular complexity index is 589. The van der Waals surface area contributed by atoms with Crippen molar-refractivity contribution >= 4 is 13.6 Å². The van der Waals surface area contributed by atoms with Crippen LogP contribution in [-0.2, 0) is 28.5 Å². The molecular formula is C15H19O6P. The lowest BCUT2D eigenvalue weighted by Crippen LogP contribution is -2.40. The van der Waals surface area contributed by atoms with E-state index in [1.165, 1.54) is 12.2 Å². The second-order valence-electron chi connectivity index (χ2n) is 4.64. The minimum absolute atomic E-state index is 0.0802. The molecule has 2 atom stereocenters. The number of esters is 1. The maximum Gasteiger partial charge on any atom is 0.370 e. The highest BCUT2D eigenvalue weighted by atomic mass is 31.2. The minimum atomic E-state index is -4.01. The zero-order valence-electron chi connectivity index (χ0n) is 12.5. The van der Waals surface area contributed by atoms with Gasteiger partial charge in [-0.1, -0.05) is 30.3 Å². The van der Waals surface area contributed by atoms with Gasteiger partial charge in [0.25, 0.3) is 0 Å². The van der Waals surface area contributed by atoms with Crippen molar-refractivity contribution in [1.82, 2.24) is 0 Å². The largest absolute Gasteiger partial charge is 0.451 e. The first-order valence-corrected chi connectivity index (χ1v) is 8.58. The SMILES string of the molecule is CCOP(=O)(OCC)[C@](O)(c1ccccc1)C1C=CC(=O)O1. The molecule has 1 aromatic carbocycles. The quantitative estimate of drug-likeness (QED) is 0.612. The van der Waals surface area contributed by atoms with Crippen LogP contribution in [0.25, 0.3) is 0 Å². The van der Waals surface area contributed by atoms with Gasteiger partial charge >= 0.3 is 13.6 Å². The minimum Gasteiger partial charge on any atom is -0.451 e. The average Bonchev–Trinajstić information content (AvgIpc) is 2.94. The molecule has 1 N–H and O–H groups in total. The second kappa shape index (κ2) is 6.75. The Balaban J connectivity index is 2.56. The molecule has 0 aromatic heterocycles. The number of ether oxygens (including phenoxy) is 1. The Morgan fingerprint density at radius 3 is 2.27 bits per heavy atom.